The summed E-state index contributed by atoms with van der Waals surface area (Å²) in [6.45, 7) is 3.80. The fourth-order valence-corrected chi connectivity index (χ4v) is 4.90. The van der Waals surface area contributed by atoms with Gasteiger partial charge in [0.05, 0.1) is 17.9 Å². The van der Waals surface area contributed by atoms with E-state index in [2.05, 4.69) is 11.9 Å². The Morgan fingerprint density at radius 1 is 1.36 bits per heavy atom. The lowest BCUT2D eigenvalue weighted by Crippen LogP contribution is -2.77. The number of benzene rings is 1. The number of alkyl halides is 1. The molecule has 2 fully saturated rings. The average Bonchev–Trinajstić information content (AvgIpc) is 2.70. The molecule has 8 nitrogen and oxygen atoms in total. The summed E-state index contributed by atoms with van der Waals surface area (Å²) in [6, 6.07) is 5.00. The second-order valence-corrected chi connectivity index (χ2v) is 8.16. The molecule has 1 aromatic rings. The van der Waals surface area contributed by atoms with E-state index >= 15 is 0 Å². The molecule has 150 valence electrons. The number of nitrogens with one attached hydrogen (secondary N) is 1. The van der Waals surface area contributed by atoms with Crippen LogP contribution >= 0.6 is 11.6 Å². The van der Waals surface area contributed by atoms with Crippen LogP contribution in [0, 0.1) is 0 Å². The second-order valence-electron chi connectivity index (χ2n) is 6.36. The van der Waals surface area contributed by atoms with Gasteiger partial charge in [0.2, 0.25) is 11.8 Å². The number of hydrogen-bond donors (Lipinski definition) is 1. The summed E-state index contributed by atoms with van der Waals surface area (Å²) >= 11 is 5.45. The summed E-state index contributed by atoms with van der Waals surface area (Å²) in [6.07, 6.45) is 0. The molecule has 4 atom stereocenters. The van der Waals surface area contributed by atoms with Crippen molar-refractivity contribution in [3.05, 3.63) is 42.0 Å². The predicted molar refractivity (Wildman–Crippen MR) is 102 cm³/mol. The summed E-state index contributed by atoms with van der Waals surface area (Å²) in [7, 11) is 0.0702. The fraction of sp³-hybridized carbons (Fsp3) is 0.389. The van der Waals surface area contributed by atoms with E-state index in [0.29, 0.717) is 11.3 Å². The van der Waals surface area contributed by atoms with Gasteiger partial charge in [0, 0.05) is 5.75 Å². The van der Waals surface area contributed by atoms with Gasteiger partial charge in [0.15, 0.2) is 6.04 Å². The Balaban J connectivity index is 1.69. The molecule has 1 N–H and O–H groups in total. The Morgan fingerprint density at radius 2 is 2.04 bits per heavy atom. The number of fused-ring (bicyclic) bond motifs is 1. The standard InChI is InChI=1S/C18H19ClN2O6S/c1-10-9-28(25)17-14(20-13(22)7-19)16(23)21(17)15(10)18(24)27-8-11-3-5-12(26-2)6-4-11/h3-6,14-15,17H,1,7-9H2,2H3,(H,20,22)/t14?,15?,17-,28?/m1/s1. The molecule has 0 bridgehead atoms. The molecule has 0 radical (unpaired) electrons. The smallest absolute Gasteiger partial charge is 0.333 e. The summed E-state index contributed by atoms with van der Waals surface area (Å²) in [5.74, 6) is -1.30. The van der Waals surface area contributed by atoms with Crippen molar-refractivity contribution in [1.82, 2.24) is 10.2 Å². The number of esters is 1. The van der Waals surface area contributed by atoms with Crippen molar-refractivity contribution in [1.29, 1.82) is 0 Å². The van der Waals surface area contributed by atoms with Crippen LogP contribution in [-0.2, 0) is 36.5 Å². The minimum absolute atomic E-state index is 0.00874. The van der Waals surface area contributed by atoms with Gasteiger partial charge in [-0.1, -0.05) is 18.7 Å². The molecule has 3 rings (SSSR count). The molecule has 0 saturated carbocycles. The van der Waals surface area contributed by atoms with Crippen molar-refractivity contribution in [3.8, 4) is 5.75 Å². The van der Waals surface area contributed by atoms with Crippen molar-refractivity contribution in [3.63, 3.8) is 0 Å². The van der Waals surface area contributed by atoms with Gasteiger partial charge in [0.1, 0.15) is 29.7 Å². The molecule has 28 heavy (non-hydrogen) atoms. The van der Waals surface area contributed by atoms with Gasteiger partial charge < -0.3 is 19.7 Å². The highest BCUT2D eigenvalue weighted by atomic mass is 35.5. The van der Waals surface area contributed by atoms with Crippen LogP contribution in [0.15, 0.2) is 36.4 Å². The zero-order valence-corrected chi connectivity index (χ0v) is 16.6. The molecular formula is C18H19ClN2O6S. The fourth-order valence-electron chi connectivity index (χ4n) is 3.16. The van der Waals surface area contributed by atoms with Crippen molar-refractivity contribution < 1.29 is 28.1 Å². The van der Waals surface area contributed by atoms with Crippen LogP contribution in [0.3, 0.4) is 0 Å². The molecule has 0 aromatic heterocycles. The molecule has 0 aliphatic carbocycles. The van der Waals surface area contributed by atoms with Crippen molar-refractivity contribution in [2.45, 2.75) is 24.1 Å². The minimum atomic E-state index is -1.48. The van der Waals surface area contributed by atoms with Gasteiger partial charge >= 0.3 is 5.97 Å². The van der Waals surface area contributed by atoms with Crippen molar-refractivity contribution in [2.24, 2.45) is 0 Å². The lowest BCUT2D eigenvalue weighted by molar-refractivity contribution is -0.164. The maximum atomic E-state index is 12.6. The molecule has 2 amide bonds. The van der Waals surface area contributed by atoms with E-state index in [4.69, 9.17) is 21.1 Å². The van der Waals surface area contributed by atoms with Gasteiger partial charge in [0.25, 0.3) is 0 Å². The highest BCUT2D eigenvalue weighted by molar-refractivity contribution is 7.86. The third-order valence-electron chi connectivity index (χ3n) is 4.54. The van der Waals surface area contributed by atoms with Crippen LogP contribution in [0.4, 0.5) is 0 Å². The van der Waals surface area contributed by atoms with Crippen molar-refractivity contribution >= 4 is 40.2 Å². The SMILES string of the molecule is C=C1CS(=O)[C@@H]2C(NC(=O)CCl)C(=O)N2C1C(=O)OCc1ccc(OC)cc1. The minimum Gasteiger partial charge on any atom is -0.497 e. The Morgan fingerprint density at radius 3 is 2.64 bits per heavy atom. The monoisotopic (exact) mass is 426 g/mol. The normalized spacial score (nSPS) is 26.1. The van der Waals surface area contributed by atoms with Crippen LogP contribution in [0.25, 0.3) is 0 Å². The first-order chi connectivity index (χ1) is 13.4. The molecule has 2 aliphatic heterocycles. The number of carbonyl (C=O) groups excluding carboxylic acids is 3. The molecule has 2 heterocycles. The van der Waals surface area contributed by atoms with Gasteiger partial charge in [-0.15, -0.1) is 11.6 Å². The first kappa shape index (κ1) is 20.3. The number of halogens is 1. The van der Waals surface area contributed by atoms with E-state index in [9.17, 15) is 18.6 Å². The summed E-state index contributed by atoms with van der Waals surface area (Å²) in [5, 5.41) is 1.64. The van der Waals surface area contributed by atoms with E-state index in [0.717, 1.165) is 5.56 Å². The highest BCUT2D eigenvalue weighted by Gasteiger charge is 2.59. The quantitative estimate of drug-likeness (QED) is 0.304. The van der Waals surface area contributed by atoms with E-state index in [-0.39, 0.29) is 18.2 Å². The van der Waals surface area contributed by atoms with Crippen LogP contribution in [0.2, 0.25) is 0 Å². The summed E-state index contributed by atoms with van der Waals surface area (Å²) in [5.41, 5.74) is 1.09. The van der Waals surface area contributed by atoms with E-state index in [1.165, 1.54) is 4.90 Å². The number of β-lactam (4-membered cyclic amide) rings is 1. The Labute approximate surface area is 169 Å². The van der Waals surface area contributed by atoms with Crippen molar-refractivity contribution in [2.75, 3.05) is 18.7 Å². The zero-order chi connectivity index (χ0) is 20.4. The van der Waals surface area contributed by atoms with Gasteiger partial charge in [-0.3, -0.25) is 13.8 Å². The van der Waals surface area contributed by atoms with Crippen LogP contribution in [0.1, 0.15) is 5.56 Å². The Kier molecular flexibility index (Phi) is 6.04. The largest absolute Gasteiger partial charge is 0.497 e. The maximum Gasteiger partial charge on any atom is 0.333 e. The first-order valence-electron chi connectivity index (χ1n) is 8.39. The number of hydrogen-bond acceptors (Lipinski definition) is 6. The molecule has 1 aromatic carbocycles. The second kappa shape index (κ2) is 8.32. The number of rotatable bonds is 6. The van der Waals surface area contributed by atoms with E-state index < -0.39 is 46.0 Å². The molecular weight excluding hydrogens is 408 g/mol. The Bertz CT molecular complexity index is 843. The number of ether oxygens (including phenoxy) is 2. The van der Waals surface area contributed by atoms with Gasteiger partial charge in [-0.05, 0) is 23.3 Å². The van der Waals surface area contributed by atoms with Crippen LogP contribution in [-0.4, -0.2) is 63.1 Å². The summed E-state index contributed by atoms with van der Waals surface area (Å²) in [4.78, 5) is 37.8. The third-order valence-corrected chi connectivity index (χ3v) is 6.48. The van der Waals surface area contributed by atoms with Crippen LogP contribution < -0.4 is 10.1 Å². The number of nitrogens with zero attached hydrogens (tertiary/aromatic N) is 1. The average molecular weight is 427 g/mol. The third kappa shape index (κ3) is 3.77. The van der Waals surface area contributed by atoms with E-state index in [1.807, 2.05) is 0 Å². The molecule has 2 aliphatic rings. The Hall–Kier alpha value is -2.39. The lowest BCUT2D eigenvalue weighted by Gasteiger charge is -2.52. The summed E-state index contributed by atoms with van der Waals surface area (Å²) < 4.78 is 22.8. The topological polar surface area (TPSA) is 102 Å². The molecule has 0 spiro atoms. The molecule has 3 unspecified atom stereocenters. The first-order valence-corrected chi connectivity index (χ1v) is 10.3. The van der Waals surface area contributed by atoms with E-state index in [1.54, 1.807) is 31.4 Å². The predicted octanol–water partition coefficient (Wildman–Crippen LogP) is 0.317. The van der Waals surface area contributed by atoms with Crippen LogP contribution in [0.5, 0.6) is 5.75 Å². The maximum absolute atomic E-state index is 12.6. The zero-order valence-electron chi connectivity index (χ0n) is 15.1. The number of methoxy groups -OCH3 is 1. The highest BCUT2D eigenvalue weighted by Crippen LogP contribution is 2.34. The number of amides is 2. The molecule has 2 saturated heterocycles. The lowest BCUT2D eigenvalue weighted by atomic mass is 9.98. The van der Waals surface area contributed by atoms with Gasteiger partial charge in [-0.2, -0.15) is 0 Å². The molecule has 10 heteroatoms. The van der Waals surface area contributed by atoms with Gasteiger partial charge in [-0.25, -0.2) is 4.79 Å². The number of carbonyl (C=O) groups is 3.